The van der Waals surface area contributed by atoms with Gasteiger partial charge in [-0.25, -0.2) is 4.79 Å². The number of nitrogens with one attached hydrogen (secondary N) is 2. The number of anilines is 2. The van der Waals surface area contributed by atoms with Crippen molar-refractivity contribution in [3.8, 4) is 0 Å². The van der Waals surface area contributed by atoms with Crippen LogP contribution in [0.4, 0.5) is 11.5 Å². The van der Waals surface area contributed by atoms with Crippen molar-refractivity contribution < 1.29 is 4.79 Å². The lowest BCUT2D eigenvalue weighted by Crippen LogP contribution is -2.59. The summed E-state index contributed by atoms with van der Waals surface area (Å²) in [6, 6.07) is 17.9. The van der Waals surface area contributed by atoms with Gasteiger partial charge in [0.25, 0.3) is 0 Å². The van der Waals surface area contributed by atoms with Crippen LogP contribution in [0.25, 0.3) is 10.9 Å². The predicted octanol–water partition coefficient (Wildman–Crippen LogP) is 1.97. The molecular formula is C24H26N6O2. The molecule has 0 bridgehead atoms. The number of hydrogen-bond acceptors (Lipinski definition) is 6. The molecular weight excluding hydrogens is 404 g/mol. The number of aromatic nitrogens is 2. The molecule has 8 nitrogen and oxygen atoms in total. The van der Waals surface area contributed by atoms with Gasteiger partial charge in [0.15, 0.2) is 0 Å². The van der Waals surface area contributed by atoms with Crippen molar-refractivity contribution in [2.45, 2.75) is 44.2 Å². The van der Waals surface area contributed by atoms with E-state index in [0.29, 0.717) is 12.1 Å². The Bertz CT molecular complexity index is 1250. The maximum absolute atomic E-state index is 13.1. The number of carbonyl (C=O) groups is 1. The minimum absolute atomic E-state index is 0.0136. The summed E-state index contributed by atoms with van der Waals surface area (Å²) in [5, 5.41) is 7.68. The van der Waals surface area contributed by atoms with Crippen molar-refractivity contribution in [2.75, 3.05) is 23.3 Å². The monoisotopic (exact) mass is 430 g/mol. The Morgan fingerprint density at radius 3 is 2.47 bits per heavy atom. The summed E-state index contributed by atoms with van der Waals surface area (Å²) < 4.78 is 1.73. The van der Waals surface area contributed by atoms with Gasteiger partial charge < -0.3 is 15.5 Å². The average Bonchev–Trinajstić information content (AvgIpc) is 3.36. The zero-order chi connectivity index (χ0) is 21.9. The third kappa shape index (κ3) is 2.75. The topological polar surface area (TPSA) is 82.5 Å². The second-order valence-corrected chi connectivity index (χ2v) is 8.95. The molecule has 3 aliphatic heterocycles. The highest BCUT2D eigenvalue weighted by Gasteiger charge is 2.53. The van der Waals surface area contributed by atoms with Crippen LogP contribution in [0, 0.1) is 0 Å². The molecule has 0 saturated carbocycles. The van der Waals surface area contributed by atoms with E-state index in [1.807, 2.05) is 49.4 Å². The SMILES string of the molecule is CC1NC(=O)C2(CCN(C3Cn4c(c5ccccc5nc4=O)N3)CC2)N1c1ccccc1. The lowest BCUT2D eigenvalue weighted by molar-refractivity contribution is -0.125. The Kier molecular flexibility index (Phi) is 4.26. The fourth-order valence-electron chi connectivity index (χ4n) is 5.69. The number of rotatable bonds is 2. The van der Waals surface area contributed by atoms with E-state index in [2.05, 4.69) is 37.6 Å². The second-order valence-electron chi connectivity index (χ2n) is 8.95. The highest BCUT2D eigenvalue weighted by molar-refractivity contribution is 5.94. The zero-order valence-corrected chi connectivity index (χ0v) is 18.0. The maximum atomic E-state index is 13.1. The largest absolute Gasteiger partial charge is 0.354 e. The van der Waals surface area contributed by atoms with Crippen LogP contribution in [-0.4, -0.2) is 51.3 Å². The second kappa shape index (κ2) is 7.06. The maximum Gasteiger partial charge on any atom is 0.349 e. The Morgan fingerprint density at radius 2 is 1.69 bits per heavy atom. The quantitative estimate of drug-likeness (QED) is 0.647. The first kappa shape index (κ1) is 19.3. The van der Waals surface area contributed by atoms with E-state index in [1.165, 1.54) is 0 Å². The van der Waals surface area contributed by atoms with Crippen LogP contribution in [0.5, 0.6) is 0 Å². The van der Waals surface area contributed by atoms with Gasteiger partial charge in [0, 0.05) is 24.2 Å². The molecule has 0 radical (unpaired) electrons. The summed E-state index contributed by atoms with van der Waals surface area (Å²) >= 11 is 0. The van der Waals surface area contributed by atoms with Crippen LogP contribution >= 0.6 is 0 Å². The first-order valence-corrected chi connectivity index (χ1v) is 11.2. The van der Waals surface area contributed by atoms with Gasteiger partial charge in [-0.1, -0.05) is 30.3 Å². The van der Waals surface area contributed by atoms with E-state index in [0.717, 1.165) is 42.8 Å². The molecule has 0 aliphatic carbocycles. The van der Waals surface area contributed by atoms with Crippen molar-refractivity contribution in [1.82, 2.24) is 19.8 Å². The predicted molar refractivity (Wildman–Crippen MR) is 123 cm³/mol. The normalized spacial score (nSPS) is 24.5. The number of carbonyl (C=O) groups excluding carboxylic acids is 1. The molecule has 2 atom stereocenters. The number of nitrogens with zero attached hydrogens (tertiary/aromatic N) is 4. The van der Waals surface area contributed by atoms with Crippen molar-refractivity contribution >= 4 is 28.3 Å². The van der Waals surface area contributed by atoms with Crippen LogP contribution in [0.3, 0.4) is 0 Å². The third-order valence-corrected chi connectivity index (χ3v) is 7.25. The zero-order valence-electron chi connectivity index (χ0n) is 18.0. The summed E-state index contributed by atoms with van der Waals surface area (Å²) in [6.45, 7) is 4.15. The molecule has 8 heteroatoms. The summed E-state index contributed by atoms with van der Waals surface area (Å²) in [5.41, 5.74) is 1.03. The molecule has 2 saturated heterocycles. The Morgan fingerprint density at radius 1 is 0.969 bits per heavy atom. The number of hydrogen-bond donors (Lipinski definition) is 2. The highest BCUT2D eigenvalue weighted by Crippen LogP contribution is 2.39. The number of piperidine rings is 1. The Balaban J connectivity index is 1.25. The first-order valence-electron chi connectivity index (χ1n) is 11.2. The van der Waals surface area contributed by atoms with Gasteiger partial charge in [0.1, 0.15) is 11.4 Å². The lowest BCUT2D eigenvalue weighted by Gasteiger charge is -2.45. The molecule has 2 fully saturated rings. The van der Waals surface area contributed by atoms with Gasteiger partial charge in [0.2, 0.25) is 5.91 Å². The van der Waals surface area contributed by atoms with Gasteiger partial charge in [-0.2, -0.15) is 4.98 Å². The minimum Gasteiger partial charge on any atom is -0.354 e. The molecule has 6 rings (SSSR count). The number of fused-ring (bicyclic) bond motifs is 3. The van der Waals surface area contributed by atoms with Gasteiger partial charge in [-0.3, -0.25) is 14.3 Å². The number of amides is 1. The van der Waals surface area contributed by atoms with Crippen LogP contribution in [0.1, 0.15) is 19.8 Å². The van der Waals surface area contributed by atoms with E-state index in [1.54, 1.807) is 4.57 Å². The number of para-hydroxylation sites is 2. The molecule has 4 heterocycles. The number of benzene rings is 2. The molecule has 3 aromatic rings. The first-order chi connectivity index (χ1) is 15.6. The molecule has 2 aromatic carbocycles. The summed E-state index contributed by atoms with van der Waals surface area (Å²) in [6.07, 6.45) is 1.45. The van der Waals surface area contributed by atoms with Crippen molar-refractivity contribution in [1.29, 1.82) is 0 Å². The van der Waals surface area contributed by atoms with E-state index in [4.69, 9.17) is 0 Å². The Hall–Kier alpha value is -3.39. The van der Waals surface area contributed by atoms with Crippen LogP contribution < -0.4 is 21.2 Å². The number of likely N-dealkylation sites (tertiary alicyclic amines) is 1. The third-order valence-electron chi connectivity index (χ3n) is 7.25. The molecule has 3 aliphatic rings. The van der Waals surface area contributed by atoms with E-state index < -0.39 is 5.54 Å². The van der Waals surface area contributed by atoms with Gasteiger partial charge in [-0.05, 0) is 44.0 Å². The van der Waals surface area contributed by atoms with Crippen LogP contribution in [-0.2, 0) is 11.3 Å². The van der Waals surface area contributed by atoms with Crippen molar-refractivity contribution in [3.63, 3.8) is 0 Å². The van der Waals surface area contributed by atoms with Crippen LogP contribution in [0.15, 0.2) is 59.4 Å². The average molecular weight is 431 g/mol. The molecule has 164 valence electrons. The fraction of sp³-hybridized carbons (Fsp3) is 0.375. The lowest BCUT2D eigenvalue weighted by atomic mass is 9.85. The highest BCUT2D eigenvalue weighted by atomic mass is 16.2. The minimum atomic E-state index is -0.534. The van der Waals surface area contributed by atoms with Gasteiger partial charge in [0.05, 0.1) is 24.4 Å². The molecule has 1 aromatic heterocycles. The van der Waals surface area contributed by atoms with Gasteiger partial charge in [-0.15, -0.1) is 0 Å². The summed E-state index contributed by atoms with van der Waals surface area (Å²) in [5.74, 6) is 0.951. The van der Waals surface area contributed by atoms with Gasteiger partial charge >= 0.3 is 5.69 Å². The van der Waals surface area contributed by atoms with E-state index in [-0.39, 0.29) is 23.9 Å². The molecule has 2 N–H and O–H groups in total. The summed E-state index contributed by atoms with van der Waals surface area (Å²) in [7, 11) is 0. The standard InChI is InChI=1S/C24H26N6O2/c1-16-25-22(31)24(30(16)17-7-3-2-4-8-17)11-13-28(14-12-24)20-15-29-21(27-20)18-9-5-6-10-19(18)26-23(29)32/h2-10,16,20,27H,11-15H2,1H3,(H,25,31). The molecule has 32 heavy (non-hydrogen) atoms. The van der Waals surface area contributed by atoms with E-state index in [9.17, 15) is 9.59 Å². The molecule has 2 unspecified atom stereocenters. The molecule has 1 amide bonds. The van der Waals surface area contributed by atoms with Crippen LogP contribution in [0.2, 0.25) is 0 Å². The smallest absolute Gasteiger partial charge is 0.349 e. The fourth-order valence-corrected chi connectivity index (χ4v) is 5.69. The summed E-state index contributed by atoms with van der Waals surface area (Å²) in [4.78, 5) is 34.5. The van der Waals surface area contributed by atoms with Crippen molar-refractivity contribution in [2.24, 2.45) is 0 Å². The van der Waals surface area contributed by atoms with E-state index >= 15 is 0 Å². The molecule has 1 spiro atoms. The Labute approximate surface area is 185 Å². The van der Waals surface area contributed by atoms with Crippen molar-refractivity contribution in [3.05, 3.63) is 65.1 Å².